The van der Waals surface area contributed by atoms with E-state index in [-0.39, 0.29) is 5.78 Å². The maximum atomic E-state index is 12.8. The maximum Gasteiger partial charge on any atom is 0.212 e. The molecule has 1 heterocycles. The first kappa shape index (κ1) is 14.5. The van der Waals surface area contributed by atoms with E-state index in [1.165, 1.54) is 17.5 Å². The molecule has 1 aliphatic rings. The van der Waals surface area contributed by atoms with Crippen LogP contribution in [0.15, 0.2) is 28.9 Å². The minimum absolute atomic E-state index is 0.00479. The number of carbonyl (C=O) groups is 1. The van der Waals surface area contributed by atoms with Crippen molar-refractivity contribution in [3.05, 3.63) is 51.3 Å². The number of carbonyl (C=O) groups excluding carboxylic acids is 1. The van der Waals surface area contributed by atoms with Gasteiger partial charge in [0.15, 0.2) is 0 Å². The Morgan fingerprint density at radius 3 is 3.00 bits per heavy atom. The molecule has 0 unspecified atom stereocenters. The van der Waals surface area contributed by atoms with Gasteiger partial charge >= 0.3 is 0 Å². The lowest BCUT2D eigenvalue weighted by atomic mass is 10.0. The summed E-state index contributed by atoms with van der Waals surface area (Å²) in [5.74, 6) is 0.00479. The van der Waals surface area contributed by atoms with Crippen LogP contribution in [0.5, 0.6) is 0 Å². The second kappa shape index (κ2) is 6.12. The molecule has 0 N–H and O–H groups in total. The van der Waals surface area contributed by atoms with E-state index in [9.17, 15) is 4.79 Å². The number of halogens is 1. The third-order valence-corrected chi connectivity index (χ3v) is 4.46. The van der Waals surface area contributed by atoms with Crippen molar-refractivity contribution in [2.45, 2.75) is 25.8 Å². The van der Waals surface area contributed by atoms with Gasteiger partial charge < -0.3 is 4.74 Å². The molecule has 1 aromatic carbocycles. The Labute approximate surface area is 132 Å². The van der Waals surface area contributed by atoms with E-state index in [1.807, 2.05) is 12.1 Å². The lowest BCUT2D eigenvalue weighted by molar-refractivity contribution is 0.102. The summed E-state index contributed by atoms with van der Waals surface area (Å²) >= 11 is 3.42. The van der Waals surface area contributed by atoms with E-state index in [4.69, 9.17) is 4.74 Å². The standard InChI is InChI=1S/C16H17BrN2O2/c1-21-8-7-19-15(14(17)10-18-19)16(20)13-6-5-11-3-2-4-12(11)9-13/h5-6,9-10H,2-4,7-8H2,1H3. The van der Waals surface area contributed by atoms with E-state index in [0.717, 1.165) is 22.9 Å². The first-order chi connectivity index (χ1) is 10.2. The van der Waals surface area contributed by atoms with Gasteiger partial charge in [-0.05, 0) is 52.4 Å². The zero-order chi connectivity index (χ0) is 14.8. The van der Waals surface area contributed by atoms with Gasteiger partial charge in [-0.25, -0.2) is 0 Å². The molecule has 4 nitrogen and oxygen atoms in total. The zero-order valence-corrected chi connectivity index (χ0v) is 13.5. The van der Waals surface area contributed by atoms with Gasteiger partial charge in [0.2, 0.25) is 5.78 Å². The van der Waals surface area contributed by atoms with Crippen molar-refractivity contribution in [2.75, 3.05) is 13.7 Å². The largest absolute Gasteiger partial charge is 0.383 e. The molecule has 0 fully saturated rings. The van der Waals surface area contributed by atoms with E-state index in [0.29, 0.717) is 18.8 Å². The Balaban J connectivity index is 1.93. The topological polar surface area (TPSA) is 44.1 Å². The highest BCUT2D eigenvalue weighted by Gasteiger charge is 2.20. The average molecular weight is 349 g/mol. The van der Waals surface area contributed by atoms with Gasteiger partial charge in [-0.2, -0.15) is 5.10 Å². The Kier molecular flexibility index (Phi) is 4.22. The fourth-order valence-electron chi connectivity index (χ4n) is 2.79. The summed E-state index contributed by atoms with van der Waals surface area (Å²) in [6, 6.07) is 6.04. The van der Waals surface area contributed by atoms with Crippen molar-refractivity contribution in [2.24, 2.45) is 0 Å². The van der Waals surface area contributed by atoms with Crippen molar-refractivity contribution < 1.29 is 9.53 Å². The van der Waals surface area contributed by atoms with E-state index >= 15 is 0 Å². The molecule has 21 heavy (non-hydrogen) atoms. The number of ketones is 1. The number of methoxy groups -OCH3 is 1. The van der Waals surface area contributed by atoms with Crippen LogP contribution in [-0.4, -0.2) is 29.3 Å². The number of rotatable bonds is 5. The van der Waals surface area contributed by atoms with Crippen molar-refractivity contribution in [1.82, 2.24) is 9.78 Å². The Morgan fingerprint density at radius 2 is 2.19 bits per heavy atom. The van der Waals surface area contributed by atoms with Crippen molar-refractivity contribution in [3.8, 4) is 0 Å². The lowest BCUT2D eigenvalue weighted by Gasteiger charge is -2.08. The molecular formula is C16H17BrN2O2. The molecule has 0 radical (unpaired) electrons. The van der Waals surface area contributed by atoms with Crippen LogP contribution < -0.4 is 0 Å². The maximum absolute atomic E-state index is 12.8. The number of fused-ring (bicyclic) bond motifs is 1. The predicted molar refractivity (Wildman–Crippen MR) is 83.7 cm³/mol. The molecule has 0 saturated heterocycles. The Morgan fingerprint density at radius 1 is 1.38 bits per heavy atom. The Bertz CT molecular complexity index is 679. The van der Waals surface area contributed by atoms with Crippen molar-refractivity contribution in [3.63, 3.8) is 0 Å². The van der Waals surface area contributed by atoms with Crippen molar-refractivity contribution >= 4 is 21.7 Å². The molecule has 0 amide bonds. The molecule has 1 aromatic heterocycles. The van der Waals surface area contributed by atoms with E-state index in [1.54, 1.807) is 18.0 Å². The normalized spacial score (nSPS) is 13.4. The number of hydrogen-bond acceptors (Lipinski definition) is 3. The van der Waals surface area contributed by atoms with Crippen LogP contribution in [0.1, 0.15) is 33.6 Å². The van der Waals surface area contributed by atoms with Crippen LogP contribution >= 0.6 is 15.9 Å². The number of nitrogens with zero attached hydrogens (tertiary/aromatic N) is 2. The zero-order valence-electron chi connectivity index (χ0n) is 11.9. The third kappa shape index (κ3) is 2.80. The summed E-state index contributed by atoms with van der Waals surface area (Å²) < 4.78 is 7.49. The minimum Gasteiger partial charge on any atom is -0.383 e. The van der Waals surface area contributed by atoms with Crippen LogP contribution in [-0.2, 0) is 24.1 Å². The first-order valence-electron chi connectivity index (χ1n) is 7.07. The molecular weight excluding hydrogens is 332 g/mol. The smallest absolute Gasteiger partial charge is 0.212 e. The van der Waals surface area contributed by atoms with E-state index in [2.05, 4.69) is 27.1 Å². The second-order valence-corrected chi connectivity index (χ2v) is 6.08. The van der Waals surface area contributed by atoms with E-state index < -0.39 is 0 Å². The highest BCUT2D eigenvalue weighted by atomic mass is 79.9. The highest BCUT2D eigenvalue weighted by Crippen LogP contribution is 2.25. The molecule has 0 atom stereocenters. The summed E-state index contributed by atoms with van der Waals surface area (Å²) in [4.78, 5) is 12.8. The number of aromatic nitrogens is 2. The summed E-state index contributed by atoms with van der Waals surface area (Å²) in [7, 11) is 1.64. The number of benzene rings is 1. The first-order valence-corrected chi connectivity index (χ1v) is 7.86. The van der Waals surface area contributed by atoms with Crippen LogP contribution in [0, 0.1) is 0 Å². The highest BCUT2D eigenvalue weighted by molar-refractivity contribution is 9.10. The molecule has 110 valence electrons. The molecule has 0 spiro atoms. The average Bonchev–Trinajstić information content (AvgIpc) is 3.10. The van der Waals surface area contributed by atoms with Gasteiger partial charge in [0.05, 0.1) is 23.8 Å². The SMILES string of the molecule is COCCn1ncc(Br)c1C(=O)c1ccc2c(c1)CCC2. The van der Waals surface area contributed by atoms with Crippen LogP contribution in [0.25, 0.3) is 0 Å². The molecule has 3 rings (SSSR count). The van der Waals surface area contributed by atoms with Crippen LogP contribution in [0.3, 0.4) is 0 Å². The Hall–Kier alpha value is -1.46. The third-order valence-electron chi connectivity index (χ3n) is 3.88. The van der Waals surface area contributed by atoms with Gasteiger partial charge in [0.25, 0.3) is 0 Å². The lowest BCUT2D eigenvalue weighted by Crippen LogP contribution is -2.15. The van der Waals surface area contributed by atoms with Gasteiger partial charge in [0, 0.05) is 12.7 Å². The summed E-state index contributed by atoms with van der Waals surface area (Å²) in [6.07, 6.45) is 5.04. The molecule has 2 aromatic rings. The number of aryl methyl sites for hydroxylation is 2. The quantitative estimate of drug-likeness (QED) is 0.780. The van der Waals surface area contributed by atoms with Gasteiger partial charge in [-0.1, -0.05) is 12.1 Å². The fraction of sp³-hybridized carbons (Fsp3) is 0.375. The molecule has 0 aliphatic heterocycles. The number of ether oxygens (including phenoxy) is 1. The minimum atomic E-state index is 0.00479. The molecule has 5 heteroatoms. The summed E-state index contributed by atoms with van der Waals surface area (Å²) in [5.41, 5.74) is 4.00. The van der Waals surface area contributed by atoms with Crippen LogP contribution in [0.4, 0.5) is 0 Å². The summed E-state index contributed by atoms with van der Waals surface area (Å²) in [6.45, 7) is 1.09. The summed E-state index contributed by atoms with van der Waals surface area (Å²) in [5, 5.41) is 4.24. The van der Waals surface area contributed by atoms with Gasteiger partial charge in [0.1, 0.15) is 5.69 Å². The van der Waals surface area contributed by atoms with Gasteiger partial charge in [-0.3, -0.25) is 9.48 Å². The van der Waals surface area contributed by atoms with Gasteiger partial charge in [-0.15, -0.1) is 0 Å². The predicted octanol–water partition coefficient (Wildman–Crippen LogP) is 3.01. The second-order valence-electron chi connectivity index (χ2n) is 5.22. The number of hydrogen-bond donors (Lipinski definition) is 0. The monoisotopic (exact) mass is 348 g/mol. The molecule has 0 saturated carbocycles. The molecule has 1 aliphatic carbocycles. The van der Waals surface area contributed by atoms with Crippen molar-refractivity contribution in [1.29, 1.82) is 0 Å². The fourth-order valence-corrected chi connectivity index (χ4v) is 3.26. The molecule has 0 bridgehead atoms. The van der Waals surface area contributed by atoms with Crippen LogP contribution in [0.2, 0.25) is 0 Å².